The zero-order valence-electron chi connectivity index (χ0n) is 11.6. The summed E-state index contributed by atoms with van der Waals surface area (Å²) in [6.45, 7) is 4.16. The Kier molecular flexibility index (Phi) is 5.01. The lowest BCUT2D eigenvalue weighted by atomic mass is 10.1. The molecule has 4 nitrogen and oxygen atoms in total. The summed E-state index contributed by atoms with van der Waals surface area (Å²) in [5, 5.41) is 0. The number of amides is 1. The van der Waals surface area contributed by atoms with Gasteiger partial charge in [-0.2, -0.15) is 0 Å². The lowest BCUT2D eigenvalue weighted by Crippen LogP contribution is -2.34. The van der Waals surface area contributed by atoms with Crippen LogP contribution in [0.5, 0.6) is 5.75 Å². The number of hydrogen-bond acceptors (Lipinski definition) is 3. The third-order valence-electron chi connectivity index (χ3n) is 3.16. The van der Waals surface area contributed by atoms with E-state index in [4.69, 9.17) is 10.5 Å². The highest BCUT2D eigenvalue weighted by molar-refractivity contribution is 5.95. The van der Waals surface area contributed by atoms with Gasteiger partial charge in [0.15, 0.2) is 0 Å². The van der Waals surface area contributed by atoms with Crippen molar-refractivity contribution in [3.05, 3.63) is 23.8 Å². The van der Waals surface area contributed by atoms with Gasteiger partial charge in [0, 0.05) is 18.7 Å². The molecule has 4 heteroatoms. The Morgan fingerprint density at radius 2 is 2.17 bits per heavy atom. The highest BCUT2D eigenvalue weighted by Crippen LogP contribution is 2.23. The van der Waals surface area contributed by atoms with Crippen molar-refractivity contribution in [2.75, 3.05) is 19.9 Å². The van der Waals surface area contributed by atoms with Crippen LogP contribution in [-0.4, -0.2) is 31.0 Å². The summed E-state index contributed by atoms with van der Waals surface area (Å²) in [7, 11) is 3.38. The number of nitrogens with zero attached hydrogens (tertiary/aromatic N) is 1. The molecule has 0 fully saturated rings. The molecule has 1 rings (SSSR count). The Labute approximate surface area is 109 Å². The maximum absolute atomic E-state index is 12.2. The van der Waals surface area contributed by atoms with Crippen LogP contribution in [0.4, 0.5) is 5.69 Å². The van der Waals surface area contributed by atoms with Crippen LogP contribution in [0.1, 0.15) is 37.0 Å². The number of nitrogen functional groups attached to an aromatic ring is 1. The first-order valence-corrected chi connectivity index (χ1v) is 6.21. The summed E-state index contributed by atoms with van der Waals surface area (Å²) in [6, 6.07) is 5.36. The minimum atomic E-state index is -0.00898. The molecule has 0 bridgehead atoms. The molecule has 1 aromatic rings. The average molecular weight is 250 g/mol. The van der Waals surface area contributed by atoms with Gasteiger partial charge in [0.2, 0.25) is 0 Å². The quantitative estimate of drug-likeness (QED) is 0.817. The van der Waals surface area contributed by atoms with E-state index in [-0.39, 0.29) is 11.9 Å². The first-order valence-electron chi connectivity index (χ1n) is 6.21. The standard InChI is InChI=1S/C14H22N2O2/c1-5-6-10(2)16(3)14(17)11-7-8-13(18-4)12(15)9-11/h7-10H,5-6,15H2,1-4H3. The zero-order chi connectivity index (χ0) is 13.7. The molecule has 1 atom stereocenters. The number of carbonyl (C=O) groups excluding carboxylic acids is 1. The molecule has 1 amide bonds. The van der Waals surface area contributed by atoms with Crippen molar-refractivity contribution >= 4 is 11.6 Å². The number of ether oxygens (including phenoxy) is 1. The van der Waals surface area contributed by atoms with Crippen molar-refractivity contribution in [2.24, 2.45) is 0 Å². The van der Waals surface area contributed by atoms with Gasteiger partial charge < -0.3 is 15.4 Å². The molecule has 0 spiro atoms. The number of benzene rings is 1. The molecule has 1 aromatic carbocycles. The van der Waals surface area contributed by atoms with Crippen LogP contribution in [0.2, 0.25) is 0 Å². The fourth-order valence-corrected chi connectivity index (χ4v) is 1.88. The highest BCUT2D eigenvalue weighted by atomic mass is 16.5. The summed E-state index contributed by atoms with van der Waals surface area (Å²) >= 11 is 0. The molecule has 0 saturated heterocycles. The number of carbonyl (C=O) groups is 1. The Morgan fingerprint density at radius 3 is 2.67 bits per heavy atom. The van der Waals surface area contributed by atoms with Gasteiger partial charge in [-0.05, 0) is 31.5 Å². The van der Waals surface area contributed by atoms with Crippen molar-refractivity contribution in [1.82, 2.24) is 4.90 Å². The molecule has 2 N–H and O–H groups in total. The molecule has 0 aliphatic carbocycles. The van der Waals surface area contributed by atoms with Crippen LogP contribution in [0.25, 0.3) is 0 Å². The van der Waals surface area contributed by atoms with Gasteiger partial charge in [0.05, 0.1) is 12.8 Å². The number of nitrogens with two attached hydrogens (primary N) is 1. The van der Waals surface area contributed by atoms with Crippen molar-refractivity contribution in [1.29, 1.82) is 0 Å². The molecular formula is C14H22N2O2. The van der Waals surface area contributed by atoms with Gasteiger partial charge in [-0.25, -0.2) is 0 Å². The van der Waals surface area contributed by atoms with E-state index in [2.05, 4.69) is 6.92 Å². The van der Waals surface area contributed by atoms with Gasteiger partial charge >= 0.3 is 0 Å². The second-order valence-corrected chi connectivity index (χ2v) is 4.51. The molecule has 0 radical (unpaired) electrons. The smallest absolute Gasteiger partial charge is 0.253 e. The predicted octanol–water partition coefficient (Wildman–Crippen LogP) is 2.54. The normalized spacial score (nSPS) is 12.0. The van der Waals surface area contributed by atoms with Crippen molar-refractivity contribution in [3.63, 3.8) is 0 Å². The molecule has 0 heterocycles. The first-order chi connectivity index (χ1) is 8.51. The fraction of sp³-hybridized carbons (Fsp3) is 0.500. The molecule has 0 aliphatic rings. The van der Waals surface area contributed by atoms with E-state index in [9.17, 15) is 4.79 Å². The first kappa shape index (κ1) is 14.4. The van der Waals surface area contributed by atoms with Gasteiger partial charge in [-0.1, -0.05) is 13.3 Å². The van der Waals surface area contributed by atoms with Crippen LogP contribution in [0.3, 0.4) is 0 Å². The fourth-order valence-electron chi connectivity index (χ4n) is 1.88. The molecular weight excluding hydrogens is 228 g/mol. The second kappa shape index (κ2) is 6.28. The average Bonchev–Trinajstić information content (AvgIpc) is 2.37. The van der Waals surface area contributed by atoms with Crippen LogP contribution in [0.15, 0.2) is 18.2 Å². The molecule has 100 valence electrons. The number of anilines is 1. The second-order valence-electron chi connectivity index (χ2n) is 4.51. The van der Waals surface area contributed by atoms with Crippen molar-refractivity contribution < 1.29 is 9.53 Å². The predicted molar refractivity (Wildman–Crippen MR) is 73.9 cm³/mol. The summed E-state index contributed by atoms with van der Waals surface area (Å²) in [5.41, 5.74) is 6.89. The van der Waals surface area contributed by atoms with E-state index >= 15 is 0 Å². The lowest BCUT2D eigenvalue weighted by molar-refractivity contribution is 0.0737. The minimum Gasteiger partial charge on any atom is -0.495 e. The summed E-state index contributed by atoms with van der Waals surface area (Å²) in [4.78, 5) is 14.0. The third kappa shape index (κ3) is 3.15. The third-order valence-corrected chi connectivity index (χ3v) is 3.16. The van der Waals surface area contributed by atoms with E-state index in [0.29, 0.717) is 17.0 Å². The van der Waals surface area contributed by atoms with E-state index in [1.807, 2.05) is 14.0 Å². The Hall–Kier alpha value is -1.71. The van der Waals surface area contributed by atoms with E-state index < -0.39 is 0 Å². The van der Waals surface area contributed by atoms with Gasteiger partial charge in [-0.15, -0.1) is 0 Å². The van der Waals surface area contributed by atoms with Crippen LogP contribution < -0.4 is 10.5 Å². The van der Waals surface area contributed by atoms with Crippen LogP contribution >= 0.6 is 0 Å². The minimum absolute atomic E-state index is 0.00898. The zero-order valence-corrected chi connectivity index (χ0v) is 11.6. The Morgan fingerprint density at radius 1 is 1.50 bits per heavy atom. The van der Waals surface area contributed by atoms with E-state index in [0.717, 1.165) is 12.8 Å². The number of rotatable bonds is 5. The number of methoxy groups -OCH3 is 1. The van der Waals surface area contributed by atoms with Gasteiger partial charge in [-0.3, -0.25) is 4.79 Å². The number of hydrogen-bond donors (Lipinski definition) is 1. The van der Waals surface area contributed by atoms with E-state index in [1.54, 1.807) is 30.2 Å². The Bertz CT molecular complexity index is 418. The molecule has 0 aromatic heterocycles. The van der Waals surface area contributed by atoms with Crippen LogP contribution in [-0.2, 0) is 0 Å². The molecule has 1 unspecified atom stereocenters. The van der Waals surface area contributed by atoms with Gasteiger partial charge in [0.1, 0.15) is 5.75 Å². The maximum atomic E-state index is 12.2. The monoisotopic (exact) mass is 250 g/mol. The van der Waals surface area contributed by atoms with E-state index in [1.165, 1.54) is 0 Å². The lowest BCUT2D eigenvalue weighted by Gasteiger charge is -2.25. The topological polar surface area (TPSA) is 55.6 Å². The van der Waals surface area contributed by atoms with Gasteiger partial charge in [0.25, 0.3) is 5.91 Å². The molecule has 0 saturated carbocycles. The highest BCUT2D eigenvalue weighted by Gasteiger charge is 2.17. The summed E-state index contributed by atoms with van der Waals surface area (Å²) in [6.07, 6.45) is 2.05. The SMILES string of the molecule is CCCC(C)N(C)C(=O)c1ccc(OC)c(N)c1. The van der Waals surface area contributed by atoms with Crippen molar-refractivity contribution in [2.45, 2.75) is 32.7 Å². The Balaban J connectivity index is 2.87. The van der Waals surface area contributed by atoms with Crippen LogP contribution in [0, 0.1) is 0 Å². The van der Waals surface area contributed by atoms with Crippen molar-refractivity contribution in [3.8, 4) is 5.75 Å². The largest absolute Gasteiger partial charge is 0.495 e. The maximum Gasteiger partial charge on any atom is 0.253 e. The molecule has 0 aliphatic heterocycles. The molecule has 18 heavy (non-hydrogen) atoms. The summed E-state index contributed by atoms with van der Waals surface area (Å²) < 4.78 is 5.08. The summed E-state index contributed by atoms with van der Waals surface area (Å²) in [5.74, 6) is 0.584.